The first-order chi connectivity index (χ1) is 6.15. The van der Waals surface area contributed by atoms with Crippen LogP contribution < -0.4 is 5.73 Å². The van der Waals surface area contributed by atoms with Crippen molar-refractivity contribution in [3.8, 4) is 0 Å². The van der Waals surface area contributed by atoms with Gasteiger partial charge in [0.2, 0.25) is 0 Å². The zero-order chi connectivity index (χ0) is 9.84. The molecule has 2 unspecified atom stereocenters. The van der Waals surface area contributed by atoms with E-state index in [2.05, 4.69) is 18.9 Å². The molecule has 0 saturated heterocycles. The van der Waals surface area contributed by atoms with Gasteiger partial charge in [-0.2, -0.15) is 5.10 Å². The topological polar surface area (TPSA) is 43.8 Å². The van der Waals surface area contributed by atoms with Crippen LogP contribution in [0.25, 0.3) is 0 Å². The maximum Gasteiger partial charge on any atom is 0.0548 e. The zero-order valence-electron chi connectivity index (χ0n) is 8.70. The molecule has 0 spiro atoms. The average molecular weight is 181 g/mol. The van der Waals surface area contributed by atoms with Crippen molar-refractivity contribution in [2.24, 2.45) is 18.7 Å². The van der Waals surface area contributed by atoms with E-state index in [4.69, 9.17) is 5.73 Å². The lowest BCUT2D eigenvalue weighted by Crippen LogP contribution is -2.17. The van der Waals surface area contributed by atoms with Crippen LogP contribution >= 0.6 is 0 Å². The third-order valence-electron chi connectivity index (χ3n) is 2.59. The molecule has 13 heavy (non-hydrogen) atoms. The SMILES string of the molecule is CCC(C)CC(N)c1ccnn1C. The summed E-state index contributed by atoms with van der Waals surface area (Å²) in [5.74, 6) is 0.685. The molecule has 1 heterocycles. The van der Waals surface area contributed by atoms with Crippen LogP contribution in [0.1, 0.15) is 38.4 Å². The number of hydrogen-bond donors (Lipinski definition) is 1. The number of hydrogen-bond acceptors (Lipinski definition) is 2. The van der Waals surface area contributed by atoms with E-state index in [0.29, 0.717) is 5.92 Å². The van der Waals surface area contributed by atoms with Crippen molar-refractivity contribution in [2.75, 3.05) is 0 Å². The Bertz CT molecular complexity index is 254. The fourth-order valence-electron chi connectivity index (χ4n) is 1.47. The summed E-state index contributed by atoms with van der Waals surface area (Å²) >= 11 is 0. The number of aryl methyl sites for hydroxylation is 1. The van der Waals surface area contributed by atoms with E-state index in [1.807, 2.05) is 17.8 Å². The molecule has 1 aromatic rings. The number of aromatic nitrogens is 2. The van der Waals surface area contributed by atoms with Crippen LogP contribution in [0.4, 0.5) is 0 Å². The van der Waals surface area contributed by atoms with Crippen LogP contribution in [-0.4, -0.2) is 9.78 Å². The van der Waals surface area contributed by atoms with Gasteiger partial charge in [0.15, 0.2) is 0 Å². The summed E-state index contributed by atoms with van der Waals surface area (Å²) in [5.41, 5.74) is 7.18. The van der Waals surface area contributed by atoms with Gasteiger partial charge in [-0.05, 0) is 18.4 Å². The predicted octanol–water partition coefficient (Wildman–Crippen LogP) is 1.86. The van der Waals surface area contributed by atoms with E-state index in [1.165, 1.54) is 6.42 Å². The number of rotatable bonds is 4. The fourth-order valence-corrected chi connectivity index (χ4v) is 1.47. The molecule has 3 nitrogen and oxygen atoms in total. The Morgan fingerprint density at radius 2 is 2.31 bits per heavy atom. The second-order valence-corrected chi connectivity index (χ2v) is 3.74. The van der Waals surface area contributed by atoms with Crippen molar-refractivity contribution >= 4 is 0 Å². The van der Waals surface area contributed by atoms with Crippen molar-refractivity contribution in [3.63, 3.8) is 0 Å². The summed E-state index contributed by atoms with van der Waals surface area (Å²) in [6.45, 7) is 4.43. The van der Waals surface area contributed by atoms with E-state index in [0.717, 1.165) is 12.1 Å². The van der Waals surface area contributed by atoms with Gasteiger partial charge in [0.1, 0.15) is 0 Å². The van der Waals surface area contributed by atoms with Gasteiger partial charge >= 0.3 is 0 Å². The minimum atomic E-state index is 0.127. The largest absolute Gasteiger partial charge is 0.323 e. The van der Waals surface area contributed by atoms with E-state index in [-0.39, 0.29) is 6.04 Å². The molecular formula is C10H19N3. The average Bonchev–Trinajstić information content (AvgIpc) is 2.51. The maximum atomic E-state index is 6.06. The van der Waals surface area contributed by atoms with Crippen LogP contribution in [0.3, 0.4) is 0 Å². The van der Waals surface area contributed by atoms with E-state index < -0.39 is 0 Å². The molecule has 0 fully saturated rings. The fraction of sp³-hybridized carbons (Fsp3) is 0.700. The molecule has 1 aromatic heterocycles. The van der Waals surface area contributed by atoms with Crippen LogP contribution in [-0.2, 0) is 7.05 Å². The molecule has 0 saturated carbocycles. The second-order valence-electron chi connectivity index (χ2n) is 3.74. The molecule has 1 rings (SSSR count). The quantitative estimate of drug-likeness (QED) is 0.770. The normalized spacial score (nSPS) is 15.7. The van der Waals surface area contributed by atoms with Crippen molar-refractivity contribution in [3.05, 3.63) is 18.0 Å². The zero-order valence-corrected chi connectivity index (χ0v) is 8.70. The Morgan fingerprint density at radius 3 is 2.77 bits per heavy atom. The molecule has 0 aliphatic rings. The number of nitrogens with two attached hydrogens (primary N) is 1. The maximum absolute atomic E-state index is 6.06. The molecule has 2 atom stereocenters. The Morgan fingerprint density at radius 1 is 1.62 bits per heavy atom. The molecule has 0 aliphatic heterocycles. The lowest BCUT2D eigenvalue weighted by Gasteiger charge is -2.15. The highest BCUT2D eigenvalue weighted by atomic mass is 15.3. The molecule has 74 valence electrons. The molecular weight excluding hydrogens is 162 g/mol. The third kappa shape index (κ3) is 2.56. The smallest absolute Gasteiger partial charge is 0.0548 e. The van der Waals surface area contributed by atoms with Crippen LogP contribution in [0.5, 0.6) is 0 Å². The summed E-state index contributed by atoms with van der Waals surface area (Å²) < 4.78 is 1.85. The summed E-state index contributed by atoms with van der Waals surface area (Å²) in [6, 6.07) is 2.12. The van der Waals surface area contributed by atoms with Crippen molar-refractivity contribution in [1.82, 2.24) is 9.78 Å². The first kappa shape index (κ1) is 10.3. The summed E-state index contributed by atoms with van der Waals surface area (Å²) in [6.07, 6.45) is 4.02. The van der Waals surface area contributed by atoms with Gasteiger partial charge in [-0.1, -0.05) is 20.3 Å². The van der Waals surface area contributed by atoms with Crippen molar-refractivity contribution in [1.29, 1.82) is 0 Å². The second kappa shape index (κ2) is 4.42. The Hall–Kier alpha value is -0.830. The molecule has 2 N–H and O–H groups in total. The van der Waals surface area contributed by atoms with Crippen molar-refractivity contribution in [2.45, 2.75) is 32.7 Å². The molecule has 0 bridgehead atoms. The minimum Gasteiger partial charge on any atom is -0.323 e. The summed E-state index contributed by atoms with van der Waals surface area (Å²) in [7, 11) is 1.94. The molecule has 0 radical (unpaired) electrons. The predicted molar refractivity (Wildman–Crippen MR) is 54.2 cm³/mol. The third-order valence-corrected chi connectivity index (χ3v) is 2.59. The highest BCUT2D eigenvalue weighted by Crippen LogP contribution is 2.19. The van der Waals surface area contributed by atoms with Crippen LogP contribution in [0, 0.1) is 5.92 Å². The van der Waals surface area contributed by atoms with Gasteiger partial charge in [0, 0.05) is 19.3 Å². The standard InChI is InChI=1S/C10H19N3/c1-4-8(2)7-9(11)10-5-6-12-13(10)3/h5-6,8-9H,4,7,11H2,1-3H3. The number of nitrogens with zero attached hydrogens (tertiary/aromatic N) is 2. The molecule has 0 aliphatic carbocycles. The summed E-state index contributed by atoms with van der Waals surface area (Å²) in [5, 5.41) is 4.11. The highest BCUT2D eigenvalue weighted by molar-refractivity contribution is 5.05. The lowest BCUT2D eigenvalue weighted by atomic mass is 9.98. The lowest BCUT2D eigenvalue weighted by molar-refractivity contribution is 0.445. The molecule has 0 aromatic carbocycles. The first-order valence-corrected chi connectivity index (χ1v) is 4.88. The first-order valence-electron chi connectivity index (χ1n) is 4.88. The van der Waals surface area contributed by atoms with Gasteiger partial charge < -0.3 is 5.73 Å². The molecule has 0 amide bonds. The van der Waals surface area contributed by atoms with Gasteiger partial charge in [0.25, 0.3) is 0 Å². The van der Waals surface area contributed by atoms with Crippen molar-refractivity contribution < 1.29 is 0 Å². The Balaban J connectivity index is 2.58. The molecule has 3 heteroatoms. The summed E-state index contributed by atoms with van der Waals surface area (Å²) in [4.78, 5) is 0. The monoisotopic (exact) mass is 181 g/mol. The van der Waals surface area contributed by atoms with E-state index in [1.54, 1.807) is 6.20 Å². The minimum absolute atomic E-state index is 0.127. The highest BCUT2D eigenvalue weighted by Gasteiger charge is 2.12. The van der Waals surface area contributed by atoms with Crippen LogP contribution in [0.2, 0.25) is 0 Å². The van der Waals surface area contributed by atoms with Gasteiger partial charge in [-0.25, -0.2) is 0 Å². The Kier molecular flexibility index (Phi) is 3.48. The van der Waals surface area contributed by atoms with Gasteiger partial charge in [0.05, 0.1) is 5.69 Å². The van der Waals surface area contributed by atoms with E-state index >= 15 is 0 Å². The van der Waals surface area contributed by atoms with Crippen LogP contribution in [0.15, 0.2) is 12.3 Å². The van der Waals surface area contributed by atoms with E-state index in [9.17, 15) is 0 Å². The van der Waals surface area contributed by atoms with Gasteiger partial charge in [-0.3, -0.25) is 4.68 Å². The Labute approximate surface area is 79.9 Å². The van der Waals surface area contributed by atoms with Gasteiger partial charge in [-0.15, -0.1) is 0 Å².